The Balaban J connectivity index is 2.10. The van der Waals surface area contributed by atoms with Gasteiger partial charge in [-0.05, 0) is 37.3 Å². The van der Waals surface area contributed by atoms with Crippen LogP contribution >= 0.6 is 0 Å². The van der Waals surface area contributed by atoms with Gasteiger partial charge in [-0.1, -0.05) is 6.07 Å². The van der Waals surface area contributed by atoms with Crippen LogP contribution in [-0.4, -0.2) is 17.4 Å². The molecule has 0 aliphatic carbocycles. The van der Waals surface area contributed by atoms with Gasteiger partial charge in [0.05, 0.1) is 11.5 Å². The van der Waals surface area contributed by atoms with E-state index in [1.54, 1.807) is 24.3 Å². The maximum atomic E-state index is 12.0. The van der Waals surface area contributed by atoms with Crippen molar-refractivity contribution in [2.75, 3.05) is 11.9 Å². The number of ether oxygens (including phenoxy) is 1. The Morgan fingerprint density at radius 3 is 2.57 bits per heavy atom. The highest BCUT2D eigenvalue weighted by atomic mass is 16.6. The maximum absolute atomic E-state index is 12.0. The van der Waals surface area contributed by atoms with Crippen LogP contribution in [-0.2, 0) is 0 Å². The van der Waals surface area contributed by atoms with Crippen LogP contribution in [0.3, 0.4) is 0 Å². The number of hydrogen-bond acceptors (Lipinski definition) is 4. The van der Waals surface area contributed by atoms with Gasteiger partial charge in [0.1, 0.15) is 5.75 Å². The fourth-order valence-corrected chi connectivity index (χ4v) is 1.77. The molecule has 0 heterocycles. The van der Waals surface area contributed by atoms with Crippen molar-refractivity contribution in [3.8, 4) is 5.75 Å². The van der Waals surface area contributed by atoms with Crippen LogP contribution in [0.1, 0.15) is 17.3 Å². The third kappa shape index (κ3) is 3.79. The Hall–Kier alpha value is -2.89. The molecule has 21 heavy (non-hydrogen) atoms. The monoisotopic (exact) mass is 286 g/mol. The Bertz CT molecular complexity index is 653. The zero-order valence-electron chi connectivity index (χ0n) is 11.4. The number of nitro benzene ring substituents is 1. The van der Waals surface area contributed by atoms with Gasteiger partial charge in [-0.2, -0.15) is 0 Å². The highest BCUT2D eigenvalue weighted by Crippen LogP contribution is 2.18. The number of non-ortho nitro benzene ring substituents is 1. The van der Waals surface area contributed by atoms with E-state index in [-0.39, 0.29) is 11.3 Å². The fraction of sp³-hybridized carbons (Fsp3) is 0.133. The van der Waals surface area contributed by atoms with Crippen molar-refractivity contribution in [1.29, 1.82) is 0 Å². The molecule has 0 spiro atoms. The zero-order chi connectivity index (χ0) is 15.2. The van der Waals surface area contributed by atoms with E-state index in [1.165, 1.54) is 24.3 Å². The zero-order valence-corrected chi connectivity index (χ0v) is 11.4. The van der Waals surface area contributed by atoms with Gasteiger partial charge < -0.3 is 10.1 Å². The summed E-state index contributed by atoms with van der Waals surface area (Å²) in [5.41, 5.74) is 0.711. The number of carbonyl (C=O) groups is 1. The smallest absolute Gasteiger partial charge is 0.270 e. The molecule has 108 valence electrons. The molecule has 2 aromatic carbocycles. The molecule has 0 aliphatic heterocycles. The minimum atomic E-state index is -0.534. The average Bonchev–Trinajstić information content (AvgIpc) is 2.49. The third-order valence-electron chi connectivity index (χ3n) is 2.74. The van der Waals surface area contributed by atoms with Gasteiger partial charge in [-0.25, -0.2) is 0 Å². The number of nitrogens with zero attached hydrogens (tertiary/aromatic N) is 1. The second-order valence-corrected chi connectivity index (χ2v) is 4.22. The molecule has 6 nitrogen and oxygen atoms in total. The number of amides is 1. The highest BCUT2D eigenvalue weighted by molar-refractivity contribution is 6.04. The van der Waals surface area contributed by atoms with E-state index < -0.39 is 10.8 Å². The first-order valence-electron chi connectivity index (χ1n) is 6.39. The van der Waals surface area contributed by atoms with E-state index in [4.69, 9.17) is 4.74 Å². The quantitative estimate of drug-likeness (QED) is 0.675. The van der Waals surface area contributed by atoms with Gasteiger partial charge in [0, 0.05) is 23.4 Å². The lowest BCUT2D eigenvalue weighted by atomic mass is 10.2. The summed E-state index contributed by atoms with van der Waals surface area (Å²) in [7, 11) is 0. The number of nitro groups is 1. The van der Waals surface area contributed by atoms with Crippen molar-refractivity contribution in [1.82, 2.24) is 0 Å². The SMILES string of the molecule is CCOc1ccc(NC(=O)c2cccc([N+](=O)[O-])c2)cc1. The molecule has 0 aliphatic rings. The number of rotatable bonds is 5. The number of nitrogens with one attached hydrogen (secondary N) is 1. The largest absolute Gasteiger partial charge is 0.494 e. The minimum Gasteiger partial charge on any atom is -0.494 e. The lowest BCUT2D eigenvalue weighted by Gasteiger charge is -2.07. The minimum absolute atomic E-state index is 0.116. The van der Waals surface area contributed by atoms with Gasteiger partial charge in [0.15, 0.2) is 0 Å². The summed E-state index contributed by atoms with van der Waals surface area (Å²) >= 11 is 0. The lowest BCUT2D eigenvalue weighted by Crippen LogP contribution is -2.12. The van der Waals surface area contributed by atoms with E-state index in [0.717, 1.165) is 0 Å². The summed E-state index contributed by atoms with van der Waals surface area (Å²) in [5, 5.41) is 13.4. The van der Waals surface area contributed by atoms with Crippen LogP contribution < -0.4 is 10.1 Å². The van der Waals surface area contributed by atoms with Gasteiger partial charge in [0.25, 0.3) is 11.6 Å². The number of anilines is 1. The molecule has 0 saturated heterocycles. The van der Waals surface area contributed by atoms with Crippen LogP contribution in [0.25, 0.3) is 0 Å². The summed E-state index contributed by atoms with van der Waals surface area (Å²) in [6.07, 6.45) is 0. The van der Waals surface area contributed by atoms with E-state index in [0.29, 0.717) is 18.0 Å². The van der Waals surface area contributed by atoms with Gasteiger partial charge in [0.2, 0.25) is 0 Å². The van der Waals surface area contributed by atoms with E-state index in [9.17, 15) is 14.9 Å². The average molecular weight is 286 g/mol. The van der Waals surface area contributed by atoms with Crippen molar-refractivity contribution in [2.24, 2.45) is 0 Å². The van der Waals surface area contributed by atoms with Crippen molar-refractivity contribution in [3.63, 3.8) is 0 Å². The molecular formula is C15H14N2O4. The molecular weight excluding hydrogens is 272 g/mol. The van der Waals surface area contributed by atoms with Gasteiger partial charge >= 0.3 is 0 Å². The Labute approximate surface area is 121 Å². The third-order valence-corrected chi connectivity index (χ3v) is 2.74. The van der Waals surface area contributed by atoms with Gasteiger partial charge in [-0.15, -0.1) is 0 Å². The number of benzene rings is 2. The first kappa shape index (κ1) is 14.5. The molecule has 1 amide bonds. The summed E-state index contributed by atoms with van der Waals surface area (Å²) in [6, 6.07) is 12.5. The molecule has 0 aromatic heterocycles. The van der Waals surface area contributed by atoms with Crippen LogP contribution in [0.2, 0.25) is 0 Å². The first-order chi connectivity index (χ1) is 10.1. The summed E-state index contributed by atoms with van der Waals surface area (Å²) in [6.45, 7) is 2.46. The Kier molecular flexibility index (Phi) is 4.50. The van der Waals surface area contributed by atoms with E-state index in [2.05, 4.69) is 5.32 Å². The van der Waals surface area contributed by atoms with Crippen molar-refractivity contribution in [3.05, 3.63) is 64.2 Å². The Morgan fingerprint density at radius 1 is 1.24 bits per heavy atom. The summed E-state index contributed by atoms with van der Waals surface area (Å²) < 4.78 is 5.30. The molecule has 2 rings (SSSR count). The van der Waals surface area contributed by atoms with Crippen molar-refractivity contribution < 1.29 is 14.5 Å². The highest BCUT2D eigenvalue weighted by Gasteiger charge is 2.11. The van der Waals surface area contributed by atoms with Crippen molar-refractivity contribution in [2.45, 2.75) is 6.92 Å². The normalized spacial score (nSPS) is 9.95. The molecule has 6 heteroatoms. The van der Waals surface area contributed by atoms with E-state index in [1.807, 2.05) is 6.92 Å². The van der Waals surface area contributed by atoms with Crippen LogP contribution in [0.4, 0.5) is 11.4 Å². The first-order valence-corrected chi connectivity index (χ1v) is 6.39. The predicted octanol–water partition coefficient (Wildman–Crippen LogP) is 3.25. The summed E-state index contributed by atoms with van der Waals surface area (Å²) in [5.74, 6) is 0.314. The summed E-state index contributed by atoms with van der Waals surface area (Å²) in [4.78, 5) is 22.2. The molecule has 2 aromatic rings. The van der Waals surface area contributed by atoms with Crippen LogP contribution in [0, 0.1) is 10.1 Å². The number of hydrogen-bond donors (Lipinski definition) is 1. The molecule has 0 unspecified atom stereocenters. The van der Waals surface area contributed by atoms with E-state index >= 15 is 0 Å². The van der Waals surface area contributed by atoms with Gasteiger partial charge in [-0.3, -0.25) is 14.9 Å². The van der Waals surface area contributed by atoms with Crippen LogP contribution in [0.15, 0.2) is 48.5 Å². The van der Waals surface area contributed by atoms with Crippen molar-refractivity contribution >= 4 is 17.3 Å². The second-order valence-electron chi connectivity index (χ2n) is 4.22. The Morgan fingerprint density at radius 2 is 1.95 bits per heavy atom. The topological polar surface area (TPSA) is 81.5 Å². The second kappa shape index (κ2) is 6.51. The predicted molar refractivity (Wildman–Crippen MR) is 78.7 cm³/mol. The van der Waals surface area contributed by atoms with Crippen LogP contribution in [0.5, 0.6) is 5.75 Å². The number of carbonyl (C=O) groups excluding carboxylic acids is 1. The lowest BCUT2D eigenvalue weighted by molar-refractivity contribution is -0.384. The standard InChI is InChI=1S/C15H14N2O4/c1-2-21-14-8-6-12(7-9-14)16-15(18)11-4-3-5-13(10-11)17(19)20/h3-10H,2H2,1H3,(H,16,18). The maximum Gasteiger partial charge on any atom is 0.270 e. The molecule has 0 radical (unpaired) electrons. The molecule has 0 fully saturated rings. The molecule has 0 bridgehead atoms. The molecule has 0 saturated carbocycles. The molecule has 0 atom stereocenters. The fourth-order valence-electron chi connectivity index (χ4n) is 1.77. The molecule has 1 N–H and O–H groups in total.